The van der Waals surface area contributed by atoms with Gasteiger partial charge in [0.1, 0.15) is 0 Å². The van der Waals surface area contributed by atoms with Crippen molar-refractivity contribution in [2.24, 2.45) is 5.16 Å². The van der Waals surface area contributed by atoms with Crippen LogP contribution in [0, 0.1) is 0 Å². The Labute approximate surface area is 176 Å². The maximum absolute atomic E-state index is 12.8. The molecule has 152 valence electrons. The van der Waals surface area contributed by atoms with Crippen LogP contribution < -0.4 is 5.32 Å². The Morgan fingerprint density at radius 1 is 1.17 bits per heavy atom. The standard InChI is InChI=1S/C23H26ClN3O2/c1-23(14-21(26-29-23)19-9-2-3-10-20(19)24)22(28)25-15-17-7-6-8-18(13-17)16-27-11-4-5-12-27/h2-3,6-10,13H,4-5,11-12,14-16H2,1H3,(H,25,28)/t23-/m0/s1. The Hall–Kier alpha value is -2.37. The van der Waals surface area contributed by atoms with E-state index in [1.807, 2.05) is 30.3 Å². The smallest absolute Gasteiger partial charge is 0.267 e. The molecule has 1 fully saturated rings. The number of hydrogen-bond acceptors (Lipinski definition) is 4. The van der Waals surface area contributed by atoms with E-state index < -0.39 is 5.60 Å². The monoisotopic (exact) mass is 411 g/mol. The van der Waals surface area contributed by atoms with Crippen LogP contribution in [0.2, 0.25) is 5.02 Å². The fourth-order valence-corrected chi connectivity index (χ4v) is 4.15. The van der Waals surface area contributed by atoms with Gasteiger partial charge in [0, 0.05) is 30.1 Å². The van der Waals surface area contributed by atoms with E-state index in [0.717, 1.165) is 17.7 Å². The second-order valence-electron chi connectivity index (χ2n) is 8.00. The number of benzene rings is 2. The largest absolute Gasteiger partial charge is 0.379 e. The molecule has 29 heavy (non-hydrogen) atoms. The summed E-state index contributed by atoms with van der Waals surface area (Å²) >= 11 is 6.25. The number of nitrogens with one attached hydrogen (secondary N) is 1. The Morgan fingerprint density at radius 2 is 1.93 bits per heavy atom. The second-order valence-corrected chi connectivity index (χ2v) is 8.41. The van der Waals surface area contributed by atoms with E-state index in [2.05, 4.69) is 33.6 Å². The highest BCUT2D eigenvalue weighted by Crippen LogP contribution is 2.29. The van der Waals surface area contributed by atoms with Gasteiger partial charge in [-0.25, -0.2) is 0 Å². The molecule has 0 aromatic heterocycles. The summed E-state index contributed by atoms with van der Waals surface area (Å²) in [5.41, 5.74) is 2.85. The van der Waals surface area contributed by atoms with Crippen molar-refractivity contribution in [1.29, 1.82) is 0 Å². The van der Waals surface area contributed by atoms with Crippen LogP contribution in [0.4, 0.5) is 0 Å². The van der Waals surface area contributed by atoms with Crippen LogP contribution in [-0.4, -0.2) is 35.2 Å². The molecular weight excluding hydrogens is 386 g/mol. The molecule has 0 radical (unpaired) electrons. The third-order valence-electron chi connectivity index (χ3n) is 5.58. The summed E-state index contributed by atoms with van der Waals surface area (Å²) in [4.78, 5) is 20.8. The third-order valence-corrected chi connectivity index (χ3v) is 5.91. The number of hydrogen-bond donors (Lipinski definition) is 1. The van der Waals surface area contributed by atoms with Crippen LogP contribution in [0.15, 0.2) is 53.7 Å². The Bertz CT molecular complexity index is 924. The lowest BCUT2D eigenvalue weighted by atomic mass is 9.95. The van der Waals surface area contributed by atoms with Gasteiger partial charge in [-0.2, -0.15) is 0 Å². The van der Waals surface area contributed by atoms with Crippen LogP contribution in [-0.2, 0) is 22.7 Å². The molecule has 0 aliphatic carbocycles. The maximum Gasteiger partial charge on any atom is 0.267 e. The van der Waals surface area contributed by atoms with Gasteiger partial charge in [-0.3, -0.25) is 9.69 Å². The number of amides is 1. The van der Waals surface area contributed by atoms with E-state index in [9.17, 15) is 4.79 Å². The second kappa shape index (κ2) is 8.56. The molecule has 1 N–H and O–H groups in total. The predicted octanol–water partition coefficient (Wildman–Crippen LogP) is 4.14. The van der Waals surface area contributed by atoms with Crippen molar-refractivity contribution in [3.8, 4) is 0 Å². The van der Waals surface area contributed by atoms with Gasteiger partial charge < -0.3 is 10.2 Å². The first kappa shape index (κ1) is 19.9. The Balaban J connectivity index is 1.35. The topological polar surface area (TPSA) is 53.9 Å². The minimum atomic E-state index is -1.03. The Morgan fingerprint density at radius 3 is 2.72 bits per heavy atom. The lowest BCUT2D eigenvalue weighted by Gasteiger charge is -2.21. The molecule has 5 nitrogen and oxygen atoms in total. The summed E-state index contributed by atoms with van der Waals surface area (Å²) in [5.74, 6) is -0.173. The van der Waals surface area contributed by atoms with E-state index in [1.54, 1.807) is 6.92 Å². The summed E-state index contributed by atoms with van der Waals surface area (Å²) in [6.07, 6.45) is 2.96. The molecular formula is C23H26ClN3O2. The zero-order chi connectivity index (χ0) is 20.3. The first-order valence-electron chi connectivity index (χ1n) is 10.1. The third kappa shape index (κ3) is 4.62. The van der Waals surface area contributed by atoms with Crippen LogP contribution in [0.1, 0.15) is 42.9 Å². The van der Waals surface area contributed by atoms with Crippen LogP contribution in [0.25, 0.3) is 0 Å². The number of carbonyl (C=O) groups excluding carboxylic acids is 1. The van der Waals surface area contributed by atoms with E-state index in [1.165, 1.54) is 31.5 Å². The molecule has 2 heterocycles. The molecule has 2 aliphatic rings. The highest BCUT2D eigenvalue weighted by molar-refractivity contribution is 6.34. The first-order valence-corrected chi connectivity index (χ1v) is 10.5. The number of rotatable bonds is 6. The van der Waals surface area contributed by atoms with Crippen LogP contribution >= 0.6 is 11.6 Å². The van der Waals surface area contributed by atoms with E-state index in [4.69, 9.17) is 16.4 Å². The van der Waals surface area contributed by atoms with Crippen LogP contribution in [0.5, 0.6) is 0 Å². The quantitative estimate of drug-likeness (QED) is 0.777. The minimum absolute atomic E-state index is 0.173. The van der Waals surface area contributed by atoms with Gasteiger partial charge in [-0.05, 0) is 50.0 Å². The molecule has 2 aliphatic heterocycles. The molecule has 2 aromatic carbocycles. The van der Waals surface area contributed by atoms with E-state index >= 15 is 0 Å². The molecule has 0 saturated carbocycles. The molecule has 2 aromatic rings. The zero-order valence-electron chi connectivity index (χ0n) is 16.7. The van der Waals surface area contributed by atoms with Gasteiger partial charge in [-0.1, -0.05) is 59.2 Å². The van der Waals surface area contributed by atoms with Crippen molar-refractivity contribution >= 4 is 23.2 Å². The molecule has 0 bridgehead atoms. The summed E-state index contributed by atoms with van der Waals surface area (Å²) in [6, 6.07) is 15.9. The molecule has 0 spiro atoms. The molecule has 1 amide bonds. The lowest BCUT2D eigenvalue weighted by Crippen LogP contribution is -2.44. The van der Waals surface area contributed by atoms with E-state index in [0.29, 0.717) is 23.7 Å². The van der Waals surface area contributed by atoms with Crippen LogP contribution in [0.3, 0.4) is 0 Å². The van der Waals surface area contributed by atoms with Crippen molar-refractivity contribution in [3.63, 3.8) is 0 Å². The van der Waals surface area contributed by atoms with Gasteiger partial charge in [0.2, 0.25) is 5.60 Å². The summed E-state index contributed by atoms with van der Waals surface area (Å²) in [7, 11) is 0. The van der Waals surface area contributed by atoms with Gasteiger partial charge in [0.05, 0.1) is 5.71 Å². The maximum atomic E-state index is 12.8. The fourth-order valence-electron chi connectivity index (χ4n) is 3.91. The summed E-state index contributed by atoms with van der Waals surface area (Å²) < 4.78 is 0. The average Bonchev–Trinajstić information content (AvgIpc) is 3.37. The molecule has 1 atom stereocenters. The number of carbonyl (C=O) groups is 1. The van der Waals surface area contributed by atoms with Crippen molar-refractivity contribution in [1.82, 2.24) is 10.2 Å². The number of nitrogens with zero attached hydrogens (tertiary/aromatic N) is 2. The molecule has 1 saturated heterocycles. The average molecular weight is 412 g/mol. The lowest BCUT2D eigenvalue weighted by molar-refractivity contribution is -0.141. The summed E-state index contributed by atoms with van der Waals surface area (Å²) in [6.45, 7) is 5.54. The highest BCUT2D eigenvalue weighted by Gasteiger charge is 2.42. The summed E-state index contributed by atoms with van der Waals surface area (Å²) in [5, 5.41) is 7.74. The predicted molar refractivity (Wildman–Crippen MR) is 115 cm³/mol. The minimum Gasteiger partial charge on any atom is -0.379 e. The SMILES string of the molecule is C[C@@]1(C(=O)NCc2cccc(CN3CCCC3)c2)CC(c2ccccc2Cl)=NO1. The van der Waals surface area contributed by atoms with Crippen molar-refractivity contribution in [2.45, 2.75) is 44.9 Å². The highest BCUT2D eigenvalue weighted by atomic mass is 35.5. The van der Waals surface area contributed by atoms with Crippen molar-refractivity contribution in [2.75, 3.05) is 13.1 Å². The van der Waals surface area contributed by atoms with E-state index in [-0.39, 0.29) is 5.91 Å². The number of likely N-dealkylation sites (tertiary alicyclic amines) is 1. The van der Waals surface area contributed by atoms with Gasteiger partial charge in [0.15, 0.2) is 0 Å². The van der Waals surface area contributed by atoms with Crippen molar-refractivity contribution in [3.05, 3.63) is 70.2 Å². The van der Waals surface area contributed by atoms with Gasteiger partial charge in [-0.15, -0.1) is 0 Å². The van der Waals surface area contributed by atoms with Gasteiger partial charge >= 0.3 is 0 Å². The first-order chi connectivity index (χ1) is 14.0. The molecule has 0 unspecified atom stereocenters. The van der Waals surface area contributed by atoms with Gasteiger partial charge in [0.25, 0.3) is 5.91 Å². The number of halogens is 1. The zero-order valence-corrected chi connectivity index (χ0v) is 17.4. The Kier molecular flexibility index (Phi) is 5.88. The molecule has 6 heteroatoms. The van der Waals surface area contributed by atoms with Crippen molar-refractivity contribution < 1.29 is 9.63 Å². The molecule has 4 rings (SSSR count). The fraction of sp³-hybridized carbons (Fsp3) is 0.391. The normalized spacial score (nSPS) is 21.7. The number of oxime groups is 1.